The highest BCUT2D eigenvalue weighted by molar-refractivity contribution is 5.95. The molecule has 0 bridgehead atoms. The molecule has 0 N–H and O–H groups in total. The molecule has 1 aromatic rings. The lowest BCUT2D eigenvalue weighted by Crippen LogP contribution is -2.53. The molecule has 8 heteroatoms. The summed E-state index contributed by atoms with van der Waals surface area (Å²) in [7, 11) is 0.805. The third-order valence-corrected chi connectivity index (χ3v) is 7.84. The zero-order valence-corrected chi connectivity index (χ0v) is 22.3. The van der Waals surface area contributed by atoms with E-state index < -0.39 is 47.2 Å². The van der Waals surface area contributed by atoms with Crippen molar-refractivity contribution in [2.24, 2.45) is 29.6 Å². The summed E-state index contributed by atoms with van der Waals surface area (Å²) in [5, 5.41) is 0. The van der Waals surface area contributed by atoms with Gasteiger partial charge in [0.2, 0.25) is 0 Å². The van der Waals surface area contributed by atoms with Crippen LogP contribution in [-0.2, 0) is 29.5 Å². The lowest BCUT2D eigenvalue weighted by atomic mass is 9.72. The SMILES string of the molecule is CO[C@@](C(=O)O[C@@H]1C[C@@H](/C(C)=C/CC=C(C)C)[C@@H]([C@H]2C(=O)C=C[C@H]2C)[C@@H]1C=O)(c1ccccc1)C(F)(F)F. The first-order valence-corrected chi connectivity index (χ1v) is 12.7. The fourth-order valence-corrected chi connectivity index (χ4v) is 5.88. The minimum absolute atomic E-state index is 0.125. The number of allylic oxidation sites excluding steroid dienone is 6. The first-order chi connectivity index (χ1) is 17.9. The van der Waals surface area contributed by atoms with E-state index in [9.17, 15) is 27.6 Å². The monoisotopic (exact) mass is 532 g/mol. The molecule has 38 heavy (non-hydrogen) atoms. The molecule has 3 rings (SSSR count). The molecule has 0 aliphatic heterocycles. The molecule has 0 amide bonds. The average molecular weight is 533 g/mol. The number of aldehydes is 1. The molecule has 0 radical (unpaired) electrons. The minimum atomic E-state index is -5.13. The van der Waals surface area contributed by atoms with Crippen LogP contribution >= 0.6 is 0 Å². The summed E-state index contributed by atoms with van der Waals surface area (Å²) < 4.78 is 53.7. The molecule has 2 aliphatic rings. The Kier molecular flexibility index (Phi) is 9.18. The fraction of sp³-hybridized carbons (Fsp3) is 0.500. The number of hydrogen-bond acceptors (Lipinski definition) is 5. The van der Waals surface area contributed by atoms with E-state index in [0.717, 1.165) is 30.4 Å². The molecule has 0 heterocycles. The minimum Gasteiger partial charge on any atom is -0.459 e. The number of methoxy groups -OCH3 is 1. The van der Waals surface area contributed by atoms with Crippen LogP contribution in [0.5, 0.6) is 0 Å². The van der Waals surface area contributed by atoms with Crippen LogP contribution in [0.25, 0.3) is 0 Å². The highest BCUT2D eigenvalue weighted by Gasteiger charge is 2.65. The van der Waals surface area contributed by atoms with Crippen molar-refractivity contribution in [1.29, 1.82) is 0 Å². The predicted molar refractivity (Wildman–Crippen MR) is 137 cm³/mol. The summed E-state index contributed by atoms with van der Waals surface area (Å²) in [5.41, 5.74) is -1.75. The zero-order chi connectivity index (χ0) is 28.3. The van der Waals surface area contributed by atoms with Crippen LogP contribution in [0, 0.1) is 29.6 Å². The van der Waals surface area contributed by atoms with E-state index in [4.69, 9.17) is 9.47 Å². The van der Waals surface area contributed by atoms with Gasteiger partial charge in [0.15, 0.2) is 5.78 Å². The van der Waals surface area contributed by atoms with Gasteiger partial charge in [-0.1, -0.05) is 66.6 Å². The molecule has 0 unspecified atom stereocenters. The van der Waals surface area contributed by atoms with Crippen LogP contribution in [0.1, 0.15) is 46.1 Å². The number of esters is 1. The van der Waals surface area contributed by atoms with Crippen molar-refractivity contribution >= 4 is 18.0 Å². The lowest BCUT2D eigenvalue weighted by Gasteiger charge is -2.34. The summed E-state index contributed by atoms with van der Waals surface area (Å²) in [6.45, 7) is 7.71. The third-order valence-electron chi connectivity index (χ3n) is 7.84. The Balaban J connectivity index is 2.02. The van der Waals surface area contributed by atoms with Gasteiger partial charge < -0.3 is 14.3 Å². The number of alkyl halides is 3. The molecule has 5 nitrogen and oxygen atoms in total. The molecular weight excluding hydrogens is 497 g/mol. The lowest BCUT2D eigenvalue weighted by molar-refractivity contribution is -0.278. The van der Waals surface area contributed by atoms with Gasteiger partial charge in [0.05, 0.1) is 5.92 Å². The smallest absolute Gasteiger partial charge is 0.432 e. The van der Waals surface area contributed by atoms with Gasteiger partial charge in [-0.25, -0.2) is 4.79 Å². The van der Waals surface area contributed by atoms with E-state index in [0.29, 0.717) is 12.7 Å². The number of benzene rings is 1. The summed E-state index contributed by atoms with van der Waals surface area (Å²) >= 11 is 0. The summed E-state index contributed by atoms with van der Waals surface area (Å²) in [6.07, 6.45) is 2.39. The first-order valence-electron chi connectivity index (χ1n) is 12.7. The van der Waals surface area contributed by atoms with E-state index in [-0.39, 0.29) is 24.0 Å². The number of carbonyl (C=O) groups excluding carboxylic acids is 3. The molecule has 0 saturated heterocycles. The van der Waals surface area contributed by atoms with Crippen molar-refractivity contribution in [3.63, 3.8) is 0 Å². The number of ether oxygens (including phenoxy) is 2. The molecule has 7 atom stereocenters. The van der Waals surface area contributed by atoms with Crippen molar-refractivity contribution in [1.82, 2.24) is 0 Å². The summed E-state index contributed by atoms with van der Waals surface area (Å²) in [5.74, 6) is -4.26. The number of hydrogen-bond donors (Lipinski definition) is 0. The Bertz CT molecular complexity index is 1120. The Morgan fingerprint density at radius 1 is 1.11 bits per heavy atom. The van der Waals surface area contributed by atoms with Crippen LogP contribution < -0.4 is 0 Å². The first kappa shape index (κ1) is 29.6. The fourth-order valence-electron chi connectivity index (χ4n) is 5.88. The standard InChI is InChI=1S/C30H35F3O5/c1-18(2)10-9-11-19(3)22-16-25(23(17-34)27(22)26-20(4)14-15-24(26)35)38-28(36)29(37-5,30(31,32)33)21-12-7-6-8-13-21/h6-8,10-15,17,20,22-23,25-27H,9,16H2,1-5H3/b19-11+/t20-,22+,23-,25-,26-,27-,29-/m1/s1. The zero-order valence-electron chi connectivity index (χ0n) is 22.3. The van der Waals surface area contributed by atoms with Crippen LogP contribution in [0.2, 0.25) is 0 Å². The van der Waals surface area contributed by atoms with Crippen molar-refractivity contribution in [3.8, 4) is 0 Å². The second kappa shape index (κ2) is 11.8. The van der Waals surface area contributed by atoms with Crippen LogP contribution in [0.4, 0.5) is 13.2 Å². The van der Waals surface area contributed by atoms with Gasteiger partial charge in [0, 0.05) is 18.6 Å². The van der Waals surface area contributed by atoms with Crippen molar-refractivity contribution in [3.05, 3.63) is 71.3 Å². The van der Waals surface area contributed by atoms with Crippen molar-refractivity contribution < 1.29 is 37.0 Å². The molecular formula is C30H35F3O5. The number of rotatable bonds is 9. The maximum absolute atomic E-state index is 14.4. The number of ketones is 1. The summed E-state index contributed by atoms with van der Waals surface area (Å²) in [4.78, 5) is 38.6. The quantitative estimate of drug-likeness (QED) is 0.217. The molecule has 2 aliphatic carbocycles. The Morgan fingerprint density at radius 3 is 2.26 bits per heavy atom. The van der Waals surface area contributed by atoms with Gasteiger partial charge in [0.1, 0.15) is 12.4 Å². The largest absolute Gasteiger partial charge is 0.459 e. The predicted octanol–water partition coefficient (Wildman–Crippen LogP) is 6.15. The van der Waals surface area contributed by atoms with E-state index in [2.05, 4.69) is 0 Å². The highest BCUT2D eigenvalue weighted by atomic mass is 19.4. The van der Waals surface area contributed by atoms with Gasteiger partial charge >= 0.3 is 12.1 Å². The van der Waals surface area contributed by atoms with Gasteiger partial charge in [-0.15, -0.1) is 0 Å². The number of halogens is 3. The van der Waals surface area contributed by atoms with E-state index in [1.165, 1.54) is 24.3 Å². The van der Waals surface area contributed by atoms with Gasteiger partial charge in [-0.05, 0) is 57.4 Å². The Hall–Kier alpha value is -3.00. The second-order valence-corrected chi connectivity index (χ2v) is 10.4. The van der Waals surface area contributed by atoms with Crippen molar-refractivity contribution in [2.45, 2.75) is 58.4 Å². The topological polar surface area (TPSA) is 69.7 Å². The van der Waals surface area contributed by atoms with Gasteiger partial charge in [0.25, 0.3) is 5.60 Å². The van der Waals surface area contributed by atoms with Crippen LogP contribution in [0.15, 0.2) is 65.8 Å². The molecule has 206 valence electrons. The molecule has 1 fully saturated rings. The highest BCUT2D eigenvalue weighted by Crippen LogP contribution is 2.51. The summed E-state index contributed by atoms with van der Waals surface area (Å²) in [6, 6.07) is 6.57. The molecule has 0 aromatic heterocycles. The molecule has 0 spiro atoms. The van der Waals surface area contributed by atoms with E-state index in [1.807, 2.05) is 39.8 Å². The normalized spacial score (nSPS) is 29.2. The number of carbonyl (C=O) groups is 3. The Morgan fingerprint density at radius 2 is 1.76 bits per heavy atom. The third kappa shape index (κ3) is 5.55. The van der Waals surface area contributed by atoms with Crippen molar-refractivity contribution in [2.75, 3.05) is 7.11 Å². The molecule has 1 aromatic carbocycles. The average Bonchev–Trinajstić information content (AvgIpc) is 3.37. The van der Waals surface area contributed by atoms with Crippen LogP contribution in [0.3, 0.4) is 0 Å². The van der Waals surface area contributed by atoms with E-state index in [1.54, 1.807) is 6.08 Å². The maximum Gasteiger partial charge on any atom is 0.432 e. The van der Waals surface area contributed by atoms with Crippen LogP contribution in [-0.4, -0.2) is 37.4 Å². The van der Waals surface area contributed by atoms with Gasteiger partial charge in [-0.2, -0.15) is 13.2 Å². The van der Waals surface area contributed by atoms with E-state index >= 15 is 0 Å². The maximum atomic E-state index is 14.4. The Labute approximate surface area is 221 Å². The van der Waals surface area contributed by atoms with Gasteiger partial charge in [-0.3, -0.25) is 4.79 Å². The second-order valence-electron chi connectivity index (χ2n) is 10.4. The molecule has 1 saturated carbocycles.